The van der Waals surface area contributed by atoms with E-state index in [4.69, 9.17) is 16.6 Å². The highest BCUT2D eigenvalue weighted by Gasteiger charge is 2.34. The number of nitrogens with one attached hydrogen (secondary N) is 1. The second kappa shape index (κ2) is 6.97. The van der Waals surface area contributed by atoms with Crippen LogP contribution in [0.3, 0.4) is 0 Å². The first kappa shape index (κ1) is 15.1. The number of rotatable bonds is 4. The van der Waals surface area contributed by atoms with E-state index in [0.717, 1.165) is 36.4 Å². The van der Waals surface area contributed by atoms with Crippen molar-refractivity contribution in [1.82, 2.24) is 10.3 Å². The molecule has 21 heavy (non-hydrogen) atoms. The maximum absolute atomic E-state index is 6.54. The molecule has 0 spiro atoms. The van der Waals surface area contributed by atoms with Crippen LogP contribution in [0.15, 0.2) is 12.3 Å². The molecule has 2 fully saturated rings. The van der Waals surface area contributed by atoms with Crippen molar-refractivity contribution in [3.63, 3.8) is 0 Å². The van der Waals surface area contributed by atoms with Crippen LogP contribution in [0.2, 0.25) is 5.02 Å². The molecule has 0 unspecified atom stereocenters. The highest BCUT2D eigenvalue weighted by molar-refractivity contribution is 6.33. The zero-order valence-electron chi connectivity index (χ0n) is 12.9. The minimum Gasteiger partial charge on any atom is -0.352 e. The molecule has 3 nitrogen and oxygen atoms in total. The van der Waals surface area contributed by atoms with E-state index in [1.54, 1.807) is 0 Å². The number of fused-ring (bicyclic) bond motifs is 1. The lowest BCUT2D eigenvalue weighted by Crippen LogP contribution is -2.47. The summed E-state index contributed by atoms with van der Waals surface area (Å²) in [4.78, 5) is 7.19. The van der Waals surface area contributed by atoms with Gasteiger partial charge >= 0.3 is 0 Å². The summed E-state index contributed by atoms with van der Waals surface area (Å²) in [6.07, 6.45) is 10.1. The molecule has 4 heteroatoms. The molecule has 3 rings (SSSR count). The smallest absolute Gasteiger partial charge is 0.147 e. The Morgan fingerprint density at radius 1 is 1.29 bits per heavy atom. The number of piperidine rings is 1. The molecule has 1 saturated heterocycles. The Labute approximate surface area is 133 Å². The first-order chi connectivity index (χ1) is 10.3. The Balaban J connectivity index is 1.78. The largest absolute Gasteiger partial charge is 0.352 e. The van der Waals surface area contributed by atoms with Gasteiger partial charge in [0.2, 0.25) is 0 Å². The molecule has 1 saturated carbocycles. The Morgan fingerprint density at radius 2 is 2.10 bits per heavy atom. The van der Waals surface area contributed by atoms with E-state index in [0.29, 0.717) is 6.04 Å². The normalized spacial score (nSPS) is 25.7. The van der Waals surface area contributed by atoms with Gasteiger partial charge in [0, 0.05) is 25.3 Å². The molecule has 1 N–H and O–H groups in total. The maximum atomic E-state index is 6.54. The van der Waals surface area contributed by atoms with E-state index in [2.05, 4.69) is 23.2 Å². The third-order valence-electron chi connectivity index (χ3n) is 4.97. The summed E-state index contributed by atoms with van der Waals surface area (Å²) < 4.78 is 0. The fourth-order valence-electron chi connectivity index (χ4n) is 3.94. The van der Waals surface area contributed by atoms with Gasteiger partial charge in [-0.2, -0.15) is 0 Å². The van der Waals surface area contributed by atoms with Crippen molar-refractivity contribution in [3.8, 4) is 0 Å². The molecule has 2 atom stereocenters. The van der Waals surface area contributed by atoms with Crippen LogP contribution in [0.1, 0.15) is 51.0 Å². The molecule has 1 aliphatic heterocycles. The first-order valence-corrected chi connectivity index (χ1v) is 8.79. The highest BCUT2D eigenvalue weighted by Crippen LogP contribution is 2.39. The summed E-state index contributed by atoms with van der Waals surface area (Å²) in [5, 5.41) is 4.14. The summed E-state index contributed by atoms with van der Waals surface area (Å²) in [5.74, 6) is 1.86. The minimum atomic E-state index is 0.664. The van der Waals surface area contributed by atoms with E-state index < -0.39 is 0 Å². The standard InChI is InChI=1S/C17H26ClN3/c1-2-19-11-13-10-15(18)17(20-12-13)21-9-5-7-14-6-3-4-8-16(14)21/h10,12,14,16,19H,2-9,11H2,1H3/t14-,16-/m1/s1. The van der Waals surface area contributed by atoms with Crippen molar-refractivity contribution < 1.29 is 0 Å². The van der Waals surface area contributed by atoms with Gasteiger partial charge < -0.3 is 10.2 Å². The van der Waals surface area contributed by atoms with Gasteiger partial charge in [0.1, 0.15) is 5.82 Å². The van der Waals surface area contributed by atoms with Crippen molar-refractivity contribution in [3.05, 3.63) is 22.8 Å². The molecule has 2 heterocycles. The third kappa shape index (κ3) is 3.35. The summed E-state index contributed by atoms with van der Waals surface area (Å²) >= 11 is 6.54. The molecule has 2 aliphatic rings. The van der Waals surface area contributed by atoms with E-state index in [1.807, 2.05) is 6.20 Å². The lowest BCUT2D eigenvalue weighted by Gasteiger charge is -2.45. The zero-order valence-corrected chi connectivity index (χ0v) is 13.7. The van der Waals surface area contributed by atoms with Crippen LogP contribution in [-0.2, 0) is 6.54 Å². The van der Waals surface area contributed by atoms with Gasteiger partial charge in [-0.3, -0.25) is 0 Å². The zero-order chi connectivity index (χ0) is 14.7. The van der Waals surface area contributed by atoms with Crippen LogP contribution < -0.4 is 10.2 Å². The summed E-state index contributed by atoms with van der Waals surface area (Å²) in [6, 6.07) is 2.75. The number of hydrogen-bond acceptors (Lipinski definition) is 3. The molecule has 1 aliphatic carbocycles. The van der Waals surface area contributed by atoms with E-state index in [-0.39, 0.29) is 0 Å². The molecule has 0 aromatic carbocycles. The van der Waals surface area contributed by atoms with E-state index in [9.17, 15) is 0 Å². The van der Waals surface area contributed by atoms with Crippen LogP contribution in [-0.4, -0.2) is 24.1 Å². The summed E-state index contributed by atoms with van der Waals surface area (Å²) in [5.41, 5.74) is 1.17. The van der Waals surface area contributed by atoms with Gasteiger partial charge in [0.15, 0.2) is 0 Å². The van der Waals surface area contributed by atoms with Crippen LogP contribution in [0.25, 0.3) is 0 Å². The van der Waals surface area contributed by atoms with Crippen molar-refractivity contribution in [2.24, 2.45) is 5.92 Å². The average molecular weight is 308 g/mol. The quantitative estimate of drug-likeness (QED) is 0.911. The highest BCUT2D eigenvalue weighted by atomic mass is 35.5. The van der Waals surface area contributed by atoms with Gasteiger partial charge in [-0.05, 0) is 49.8 Å². The predicted octanol–water partition coefficient (Wildman–Crippen LogP) is 4.00. The molecule has 0 amide bonds. The van der Waals surface area contributed by atoms with E-state index in [1.165, 1.54) is 44.1 Å². The molecular formula is C17H26ClN3. The van der Waals surface area contributed by atoms with Gasteiger partial charge in [-0.1, -0.05) is 31.4 Å². The second-order valence-electron chi connectivity index (χ2n) is 6.38. The molecule has 1 aromatic rings. The fraction of sp³-hybridized carbons (Fsp3) is 0.706. The molecule has 116 valence electrons. The topological polar surface area (TPSA) is 28.2 Å². The third-order valence-corrected chi connectivity index (χ3v) is 5.25. The second-order valence-corrected chi connectivity index (χ2v) is 6.78. The number of anilines is 1. The Kier molecular flexibility index (Phi) is 5.02. The molecule has 0 bridgehead atoms. The summed E-state index contributed by atoms with van der Waals surface area (Å²) in [6.45, 7) is 5.03. The van der Waals surface area contributed by atoms with Crippen molar-refractivity contribution in [2.75, 3.05) is 18.0 Å². The molecular weight excluding hydrogens is 282 g/mol. The van der Waals surface area contributed by atoms with Crippen molar-refractivity contribution in [2.45, 2.75) is 58.0 Å². The van der Waals surface area contributed by atoms with Crippen LogP contribution in [0, 0.1) is 5.92 Å². The monoisotopic (exact) mass is 307 g/mol. The SMILES string of the molecule is CCNCc1cnc(N2CCC[C@H]3CCCC[C@H]32)c(Cl)c1. The van der Waals surface area contributed by atoms with Gasteiger partial charge in [0.25, 0.3) is 0 Å². The van der Waals surface area contributed by atoms with Crippen molar-refractivity contribution in [1.29, 1.82) is 0 Å². The Bertz CT molecular complexity index is 475. The van der Waals surface area contributed by atoms with Gasteiger partial charge in [-0.25, -0.2) is 4.98 Å². The maximum Gasteiger partial charge on any atom is 0.147 e. The van der Waals surface area contributed by atoms with E-state index >= 15 is 0 Å². The molecule has 1 aromatic heterocycles. The summed E-state index contributed by atoms with van der Waals surface area (Å²) in [7, 11) is 0. The van der Waals surface area contributed by atoms with Gasteiger partial charge in [0.05, 0.1) is 5.02 Å². The Morgan fingerprint density at radius 3 is 2.90 bits per heavy atom. The first-order valence-electron chi connectivity index (χ1n) is 8.41. The number of pyridine rings is 1. The Hall–Kier alpha value is -0.800. The van der Waals surface area contributed by atoms with Gasteiger partial charge in [-0.15, -0.1) is 0 Å². The van der Waals surface area contributed by atoms with Crippen LogP contribution >= 0.6 is 11.6 Å². The fourth-order valence-corrected chi connectivity index (χ4v) is 4.23. The van der Waals surface area contributed by atoms with Crippen LogP contribution in [0.4, 0.5) is 5.82 Å². The lowest BCUT2D eigenvalue weighted by atomic mass is 9.78. The number of halogens is 1. The molecule has 0 radical (unpaired) electrons. The van der Waals surface area contributed by atoms with Crippen molar-refractivity contribution >= 4 is 17.4 Å². The minimum absolute atomic E-state index is 0.664. The lowest BCUT2D eigenvalue weighted by molar-refractivity contribution is 0.243. The average Bonchev–Trinajstić information content (AvgIpc) is 2.53. The van der Waals surface area contributed by atoms with Crippen LogP contribution in [0.5, 0.6) is 0 Å². The number of hydrogen-bond donors (Lipinski definition) is 1. The number of nitrogens with zero attached hydrogens (tertiary/aromatic N) is 2. The number of aromatic nitrogens is 1. The predicted molar refractivity (Wildman–Crippen MR) is 89.0 cm³/mol.